The van der Waals surface area contributed by atoms with E-state index in [1.54, 1.807) is 109 Å². The Hall–Kier alpha value is -7.28. The molecule has 22 atom stereocenters. The van der Waals surface area contributed by atoms with E-state index in [0.29, 0.717) is 35.1 Å². The summed E-state index contributed by atoms with van der Waals surface area (Å²) < 4.78 is 90.4. The quantitative estimate of drug-likeness (QED) is 0.0515. The highest BCUT2D eigenvalue weighted by Gasteiger charge is 2.56. The minimum atomic E-state index is -0.988. The normalized spacial score (nSPS) is 32.4. The van der Waals surface area contributed by atoms with Crippen LogP contribution in [0.5, 0.6) is 0 Å². The van der Waals surface area contributed by atoms with Crippen LogP contribution in [0.2, 0.25) is 0 Å². The van der Waals surface area contributed by atoms with E-state index in [2.05, 4.69) is 0 Å². The second-order valence-electron chi connectivity index (χ2n) is 25.8. The molecule has 13 rings (SSSR count). The Balaban J connectivity index is 0.000000190. The van der Waals surface area contributed by atoms with E-state index in [4.69, 9.17) is 66.3 Å². The molecule has 20 heteroatoms. The highest BCUT2D eigenvalue weighted by Crippen LogP contribution is 2.46. The van der Waals surface area contributed by atoms with Gasteiger partial charge in [-0.1, -0.05) is 212 Å². The SMILES string of the molecule is CCC1OC(Sc2ccccc2)C(OC(=O)c2ccccc2)C(C)C1OC1OC2COC(c3ccccc3)OC2C(C)C1OC(=O)c1ccccc1.CCSC1OC(CC)C(OC2OC3COC(c4ccccc4)OC3C(C)C2OC(=O)c2ccccc2)C(C)C1OC(=O)c1ccccc1. The van der Waals surface area contributed by atoms with Gasteiger partial charge in [0.2, 0.25) is 0 Å². The molecule has 22 unspecified atom stereocenters. The van der Waals surface area contributed by atoms with Gasteiger partial charge in [0.1, 0.15) is 35.3 Å². The van der Waals surface area contributed by atoms with Crippen LogP contribution in [0.3, 0.4) is 0 Å². The van der Waals surface area contributed by atoms with Crippen LogP contribution in [0.15, 0.2) is 217 Å². The summed E-state index contributed by atoms with van der Waals surface area (Å²) in [5, 5.41) is 0. The molecule has 6 saturated heterocycles. The number of esters is 4. The third kappa shape index (κ3) is 17.3. The van der Waals surface area contributed by atoms with Crippen molar-refractivity contribution in [1.29, 1.82) is 0 Å². The van der Waals surface area contributed by atoms with Crippen molar-refractivity contribution in [2.45, 2.75) is 175 Å². The van der Waals surface area contributed by atoms with Gasteiger partial charge in [-0.25, -0.2) is 19.2 Å². The lowest BCUT2D eigenvalue weighted by Crippen LogP contribution is -2.62. The van der Waals surface area contributed by atoms with Crippen molar-refractivity contribution < 1.29 is 85.5 Å². The summed E-state index contributed by atoms with van der Waals surface area (Å²) in [5.41, 5.74) is 2.66. The van der Waals surface area contributed by atoms with Crippen LogP contribution in [0, 0.1) is 23.7 Å². The Morgan fingerprint density at radius 2 is 0.690 bits per heavy atom. The standard InChI is InChI=1S/C42H44O9S.C38H44O9S/c1-4-32-34(27(3)37(49-39(44)29-19-11-6-12-20-29)42(47-32)52-31-23-15-8-16-24-31)51-41-36(48-38(43)28-17-9-5-10-18-28)26(2)35-33(46-41)25-45-40(50-35)30-21-13-7-14-22-30;1-5-28-30(24(4)33(38(43-28)48-6-2)45-35(40)26-18-12-8-13-19-26)47-37-32(44-34(39)25-16-10-7-11-17-25)23(3)31-29(42-37)22-41-36(46-31)27-20-14-9-15-21-27/h5-24,26-27,32-37,40-42H,4,25H2,1-3H3;7-21,23-24,28-33,36-38H,5-6,22H2,1-4H3. The summed E-state index contributed by atoms with van der Waals surface area (Å²) in [6.07, 6.45) is -8.41. The molecule has 0 radical (unpaired) electrons. The van der Waals surface area contributed by atoms with Crippen molar-refractivity contribution in [3.63, 3.8) is 0 Å². The number of benzene rings is 7. The first-order valence-electron chi connectivity index (χ1n) is 34.7. The minimum Gasteiger partial charge on any atom is -0.455 e. The van der Waals surface area contributed by atoms with Gasteiger partial charge in [0, 0.05) is 39.7 Å². The van der Waals surface area contributed by atoms with Gasteiger partial charge in [0.05, 0.1) is 72.1 Å². The predicted molar refractivity (Wildman–Crippen MR) is 375 cm³/mol. The second-order valence-corrected chi connectivity index (χ2v) is 28.4. The molecular weight excluding hydrogens is 1310 g/mol. The van der Waals surface area contributed by atoms with E-state index < -0.39 is 116 Å². The first-order valence-corrected chi connectivity index (χ1v) is 36.6. The van der Waals surface area contributed by atoms with Crippen LogP contribution < -0.4 is 0 Å². The highest BCUT2D eigenvalue weighted by atomic mass is 32.2. The van der Waals surface area contributed by atoms with Crippen LogP contribution >= 0.6 is 23.5 Å². The van der Waals surface area contributed by atoms with E-state index in [-0.39, 0.29) is 54.5 Å². The Morgan fingerprint density at radius 1 is 0.370 bits per heavy atom. The molecule has 6 fully saturated rings. The van der Waals surface area contributed by atoms with Gasteiger partial charge in [0.15, 0.2) is 37.4 Å². The Labute approximate surface area is 593 Å². The topological polar surface area (TPSA) is 198 Å². The zero-order chi connectivity index (χ0) is 69.7. The molecule has 100 heavy (non-hydrogen) atoms. The number of hydrogen-bond acceptors (Lipinski definition) is 20. The molecule has 6 heterocycles. The molecule has 0 N–H and O–H groups in total. The molecule has 6 aliphatic rings. The highest BCUT2D eigenvalue weighted by molar-refractivity contribution is 8.00. The first kappa shape index (κ1) is 72.5. The Morgan fingerprint density at radius 3 is 1.04 bits per heavy atom. The fraction of sp³-hybridized carbons (Fsp3) is 0.425. The fourth-order valence-electron chi connectivity index (χ4n) is 13.7. The van der Waals surface area contributed by atoms with Crippen molar-refractivity contribution in [2.75, 3.05) is 19.0 Å². The molecule has 0 spiro atoms. The number of thioether (sulfide) groups is 2. The lowest BCUT2D eigenvalue weighted by molar-refractivity contribution is -0.366. The summed E-state index contributed by atoms with van der Waals surface area (Å²) in [7, 11) is 0. The van der Waals surface area contributed by atoms with Gasteiger partial charge in [-0.15, -0.1) is 11.8 Å². The average Bonchev–Trinajstić information content (AvgIpc) is 0.772. The van der Waals surface area contributed by atoms with E-state index in [1.807, 2.05) is 164 Å². The molecule has 0 amide bonds. The number of fused-ring (bicyclic) bond motifs is 2. The van der Waals surface area contributed by atoms with Crippen LogP contribution in [0.4, 0.5) is 0 Å². The van der Waals surface area contributed by atoms with E-state index >= 15 is 0 Å². The molecule has 528 valence electrons. The molecule has 0 aromatic heterocycles. The summed E-state index contributed by atoms with van der Waals surface area (Å²) in [4.78, 5) is 54.8. The largest absolute Gasteiger partial charge is 0.455 e. The Kier molecular flexibility index (Phi) is 25.1. The number of rotatable bonds is 20. The zero-order valence-corrected chi connectivity index (χ0v) is 58.7. The third-order valence-electron chi connectivity index (χ3n) is 19.2. The number of ether oxygens (including phenoxy) is 14. The van der Waals surface area contributed by atoms with Crippen molar-refractivity contribution in [2.24, 2.45) is 23.7 Å². The smallest absolute Gasteiger partial charge is 0.338 e. The minimum absolute atomic E-state index is 0.259. The van der Waals surface area contributed by atoms with Crippen LogP contribution in [-0.2, 0) is 66.3 Å². The molecule has 0 saturated carbocycles. The molecule has 0 bridgehead atoms. The number of hydrogen-bond donors (Lipinski definition) is 0. The van der Waals surface area contributed by atoms with E-state index in [9.17, 15) is 19.2 Å². The first-order chi connectivity index (χ1) is 48.8. The molecule has 0 aliphatic carbocycles. The maximum absolute atomic E-state index is 13.6. The van der Waals surface area contributed by atoms with Crippen molar-refractivity contribution in [1.82, 2.24) is 0 Å². The van der Waals surface area contributed by atoms with Crippen LogP contribution in [0.25, 0.3) is 0 Å². The predicted octanol–water partition coefficient (Wildman–Crippen LogP) is 14.7. The van der Waals surface area contributed by atoms with Gasteiger partial charge in [-0.3, -0.25) is 0 Å². The lowest BCUT2D eigenvalue weighted by atomic mass is 9.88. The summed E-state index contributed by atoms with van der Waals surface area (Å²) >= 11 is 3.11. The van der Waals surface area contributed by atoms with Crippen LogP contribution in [0.1, 0.15) is 126 Å². The van der Waals surface area contributed by atoms with Gasteiger partial charge in [-0.2, -0.15) is 0 Å². The van der Waals surface area contributed by atoms with Crippen molar-refractivity contribution in [3.05, 3.63) is 246 Å². The van der Waals surface area contributed by atoms with Gasteiger partial charge in [0.25, 0.3) is 0 Å². The average molecular weight is 1400 g/mol. The van der Waals surface area contributed by atoms with Gasteiger partial charge >= 0.3 is 23.9 Å². The molecular formula is C80H88O18S2. The zero-order valence-electron chi connectivity index (χ0n) is 57.1. The molecule has 7 aromatic carbocycles. The number of carbonyl (C=O) groups excluding carboxylic acids is 4. The number of carbonyl (C=O) groups is 4. The Bertz CT molecular complexity index is 3700. The molecule has 18 nitrogen and oxygen atoms in total. The fourth-order valence-corrected chi connectivity index (χ4v) is 16.0. The maximum Gasteiger partial charge on any atom is 0.338 e. The van der Waals surface area contributed by atoms with E-state index in [0.717, 1.165) is 21.8 Å². The summed E-state index contributed by atoms with van der Waals surface area (Å²) in [6, 6.07) is 65.0. The van der Waals surface area contributed by atoms with Gasteiger partial charge in [-0.05, 0) is 79.3 Å². The summed E-state index contributed by atoms with van der Waals surface area (Å²) in [6.45, 7) is 14.7. The monoisotopic (exact) mass is 1400 g/mol. The van der Waals surface area contributed by atoms with Crippen molar-refractivity contribution >= 4 is 47.4 Å². The van der Waals surface area contributed by atoms with E-state index in [1.165, 1.54) is 11.8 Å². The van der Waals surface area contributed by atoms with Crippen LogP contribution in [-0.4, -0.2) is 140 Å². The van der Waals surface area contributed by atoms with Gasteiger partial charge < -0.3 is 66.3 Å². The third-order valence-corrected chi connectivity index (χ3v) is 21.4. The molecule has 7 aromatic rings. The summed E-state index contributed by atoms with van der Waals surface area (Å²) in [5.74, 6) is -2.32. The lowest BCUT2D eigenvalue weighted by Gasteiger charge is -2.51. The molecule has 6 aliphatic heterocycles. The second kappa shape index (κ2) is 34.6. The van der Waals surface area contributed by atoms with Crippen molar-refractivity contribution in [3.8, 4) is 0 Å². The maximum atomic E-state index is 13.6.